The van der Waals surface area contributed by atoms with Gasteiger partial charge in [0.1, 0.15) is 11.8 Å². The molecule has 2 N–H and O–H groups in total. The van der Waals surface area contributed by atoms with E-state index in [4.69, 9.17) is 4.74 Å². The number of ether oxygens (including phenoxy) is 1. The number of phenolic OH excluding ortho intramolecular Hbond substituents is 1. The molecule has 23 heavy (non-hydrogen) atoms. The van der Waals surface area contributed by atoms with Gasteiger partial charge in [-0.2, -0.15) is 0 Å². The summed E-state index contributed by atoms with van der Waals surface area (Å²) in [5.74, 6) is -0.808. The van der Waals surface area contributed by atoms with Crippen LogP contribution in [0.15, 0.2) is 24.3 Å². The lowest BCUT2D eigenvalue weighted by Crippen LogP contribution is -2.41. The summed E-state index contributed by atoms with van der Waals surface area (Å²) in [7, 11) is 1.32. The number of benzene rings is 1. The lowest BCUT2D eigenvalue weighted by molar-refractivity contribution is -0.143. The van der Waals surface area contributed by atoms with Crippen LogP contribution < -0.4 is 5.32 Å². The number of rotatable bonds is 10. The number of hydrogen-bond acceptors (Lipinski definition) is 4. The average molecular weight is 321 g/mol. The number of hydrogen-bond donors (Lipinski definition) is 2. The molecular weight excluding hydrogens is 294 g/mol. The molecule has 0 unspecified atom stereocenters. The fourth-order valence-electron chi connectivity index (χ4n) is 2.41. The van der Waals surface area contributed by atoms with Gasteiger partial charge in [-0.15, -0.1) is 0 Å². The molecule has 1 rings (SSSR count). The minimum atomic E-state index is -0.652. The van der Waals surface area contributed by atoms with E-state index in [0.29, 0.717) is 12.0 Å². The monoisotopic (exact) mass is 321 g/mol. The van der Waals surface area contributed by atoms with Gasteiger partial charge in [-0.25, -0.2) is 4.79 Å². The molecule has 5 nitrogen and oxygen atoms in total. The number of phenols is 1. The molecule has 0 saturated carbocycles. The average Bonchev–Trinajstić information content (AvgIpc) is 2.56. The van der Waals surface area contributed by atoms with Gasteiger partial charge in [0, 0.05) is 5.56 Å². The SMILES string of the molecule is CCCCCCCC[C@H](NC(=O)c1cccc(O)c1)C(=O)OC. The van der Waals surface area contributed by atoms with E-state index in [-0.39, 0.29) is 11.7 Å². The van der Waals surface area contributed by atoms with Crippen LogP contribution in [0.5, 0.6) is 5.75 Å². The fourth-order valence-corrected chi connectivity index (χ4v) is 2.41. The van der Waals surface area contributed by atoms with Crippen LogP contribution in [-0.4, -0.2) is 30.1 Å². The molecule has 1 amide bonds. The van der Waals surface area contributed by atoms with Gasteiger partial charge in [-0.05, 0) is 24.6 Å². The van der Waals surface area contributed by atoms with Crippen molar-refractivity contribution in [2.24, 2.45) is 0 Å². The van der Waals surface area contributed by atoms with Gasteiger partial charge >= 0.3 is 5.97 Å². The predicted octanol–water partition coefficient (Wildman–Crippen LogP) is 3.41. The summed E-state index contributed by atoms with van der Waals surface area (Å²) in [6, 6.07) is 5.39. The molecule has 128 valence electrons. The summed E-state index contributed by atoms with van der Waals surface area (Å²) < 4.78 is 4.77. The van der Waals surface area contributed by atoms with E-state index < -0.39 is 12.0 Å². The zero-order valence-corrected chi connectivity index (χ0v) is 14.0. The van der Waals surface area contributed by atoms with E-state index in [1.807, 2.05) is 0 Å². The standard InChI is InChI=1S/C18H27NO4/c1-3-4-5-6-7-8-12-16(18(22)23-2)19-17(21)14-10-9-11-15(20)13-14/h9-11,13,16,20H,3-8,12H2,1-2H3,(H,19,21)/t16-/m0/s1. The van der Waals surface area contributed by atoms with Crippen molar-refractivity contribution < 1.29 is 19.4 Å². The highest BCUT2D eigenvalue weighted by atomic mass is 16.5. The minimum Gasteiger partial charge on any atom is -0.508 e. The Hall–Kier alpha value is -2.04. The third-order valence-electron chi connectivity index (χ3n) is 3.75. The van der Waals surface area contributed by atoms with Crippen LogP contribution in [0.3, 0.4) is 0 Å². The van der Waals surface area contributed by atoms with Gasteiger partial charge in [0.25, 0.3) is 5.91 Å². The molecule has 0 aromatic heterocycles. The van der Waals surface area contributed by atoms with Gasteiger partial charge in [0.05, 0.1) is 7.11 Å². The molecule has 5 heteroatoms. The molecule has 1 atom stereocenters. The maximum absolute atomic E-state index is 12.2. The Balaban J connectivity index is 2.51. The molecule has 1 aromatic rings. The first-order valence-electron chi connectivity index (χ1n) is 8.26. The molecule has 0 saturated heterocycles. The van der Waals surface area contributed by atoms with Crippen LogP contribution in [-0.2, 0) is 9.53 Å². The summed E-state index contributed by atoms with van der Waals surface area (Å²) in [5.41, 5.74) is 0.321. The Morgan fingerprint density at radius 3 is 2.52 bits per heavy atom. The van der Waals surface area contributed by atoms with Crippen LogP contribution in [0.4, 0.5) is 0 Å². The van der Waals surface area contributed by atoms with E-state index in [2.05, 4.69) is 12.2 Å². The first-order valence-corrected chi connectivity index (χ1v) is 8.26. The molecule has 0 aliphatic carbocycles. The quantitative estimate of drug-likeness (QED) is 0.511. The van der Waals surface area contributed by atoms with Crippen LogP contribution in [0.1, 0.15) is 62.2 Å². The summed E-state index contributed by atoms with van der Waals surface area (Å²) in [5, 5.41) is 12.1. The normalized spacial score (nSPS) is 11.7. The van der Waals surface area contributed by atoms with Crippen molar-refractivity contribution in [3.05, 3.63) is 29.8 Å². The second kappa shape index (κ2) is 10.6. The smallest absolute Gasteiger partial charge is 0.328 e. The first-order chi connectivity index (χ1) is 11.1. The van der Waals surface area contributed by atoms with Gasteiger partial charge in [-0.1, -0.05) is 51.5 Å². The van der Waals surface area contributed by atoms with Gasteiger partial charge in [-0.3, -0.25) is 4.79 Å². The Labute approximate surface area is 138 Å². The lowest BCUT2D eigenvalue weighted by Gasteiger charge is -2.16. The van der Waals surface area contributed by atoms with E-state index in [9.17, 15) is 14.7 Å². The van der Waals surface area contributed by atoms with Crippen LogP contribution in [0.25, 0.3) is 0 Å². The van der Waals surface area contributed by atoms with Crippen molar-refractivity contribution in [2.45, 2.75) is 57.9 Å². The number of aromatic hydroxyl groups is 1. The third kappa shape index (κ3) is 7.17. The van der Waals surface area contributed by atoms with Crippen molar-refractivity contribution in [1.29, 1.82) is 0 Å². The van der Waals surface area contributed by atoms with Crippen molar-refractivity contribution in [3.63, 3.8) is 0 Å². The predicted molar refractivity (Wildman–Crippen MR) is 89.4 cm³/mol. The fraction of sp³-hybridized carbons (Fsp3) is 0.556. The zero-order valence-electron chi connectivity index (χ0n) is 14.0. The number of carbonyl (C=O) groups excluding carboxylic acids is 2. The number of unbranched alkanes of at least 4 members (excludes halogenated alkanes) is 5. The molecule has 0 fully saturated rings. The largest absolute Gasteiger partial charge is 0.508 e. The third-order valence-corrected chi connectivity index (χ3v) is 3.75. The summed E-state index contributed by atoms with van der Waals surface area (Å²) in [6.45, 7) is 2.17. The Bertz CT molecular complexity index is 502. The van der Waals surface area contributed by atoms with Crippen molar-refractivity contribution >= 4 is 11.9 Å². The molecule has 0 aliphatic heterocycles. The molecule has 0 spiro atoms. The second-order valence-corrected chi connectivity index (χ2v) is 5.66. The van der Waals surface area contributed by atoms with E-state index in [1.165, 1.54) is 38.5 Å². The second-order valence-electron chi connectivity index (χ2n) is 5.66. The number of nitrogens with one attached hydrogen (secondary N) is 1. The highest BCUT2D eigenvalue weighted by Crippen LogP contribution is 2.13. The maximum atomic E-state index is 12.2. The first kappa shape index (κ1) is 19.0. The van der Waals surface area contributed by atoms with Crippen molar-refractivity contribution in [1.82, 2.24) is 5.32 Å². The Kier molecular flexibility index (Phi) is 8.80. The van der Waals surface area contributed by atoms with E-state index >= 15 is 0 Å². The van der Waals surface area contributed by atoms with Crippen molar-refractivity contribution in [2.75, 3.05) is 7.11 Å². The Morgan fingerprint density at radius 1 is 1.17 bits per heavy atom. The zero-order chi connectivity index (χ0) is 17.1. The van der Waals surface area contributed by atoms with Crippen LogP contribution in [0.2, 0.25) is 0 Å². The van der Waals surface area contributed by atoms with Gasteiger partial charge in [0.2, 0.25) is 0 Å². The summed E-state index contributed by atoms with van der Waals surface area (Å²) in [6.07, 6.45) is 7.24. The van der Waals surface area contributed by atoms with Crippen LogP contribution >= 0.6 is 0 Å². The number of carbonyl (C=O) groups is 2. The molecule has 0 heterocycles. The molecule has 0 radical (unpaired) electrons. The van der Waals surface area contributed by atoms with Gasteiger partial charge < -0.3 is 15.2 Å². The highest BCUT2D eigenvalue weighted by Gasteiger charge is 2.21. The molecule has 0 aliphatic rings. The van der Waals surface area contributed by atoms with E-state index in [0.717, 1.165) is 19.3 Å². The summed E-state index contributed by atoms with van der Waals surface area (Å²) >= 11 is 0. The van der Waals surface area contributed by atoms with E-state index in [1.54, 1.807) is 12.1 Å². The number of amides is 1. The lowest BCUT2D eigenvalue weighted by atomic mass is 10.1. The summed E-state index contributed by atoms with van der Waals surface area (Å²) in [4.78, 5) is 24.0. The number of esters is 1. The number of methoxy groups -OCH3 is 1. The highest BCUT2D eigenvalue weighted by molar-refractivity contribution is 5.97. The molecule has 0 bridgehead atoms. The van der Waals surface area contributed by atoms with Crippen molar-refractivity contribution in [3.8, 4) is 5.75 Å². The minimum absolute atomic E-state index is 0.0168. The Morgan fingerprint density at radius 2 is 1.87 bits per heavy atom. The maximum Gasteiger partial charge on any atom is 0.328 e. The molecular formula is C18H27NO4. The topological polar surface area (TPSA) is 75.6 Å². The molecule has 1 aromatic carbocycles. The van der Waals surface area contributed by atoms with Crippen LogP contribution in [0, 0.1) is 0 Å². The van der Waals surface area contributed by atoms with Gasteiger partial charge in [0.15, 0.2) is 0 Å².